The molecular formula is C26H28N4O5. The summed E-state index contributed by atoms with van der Waals surface area (Å²) in [5, 5.41) is 9.15. The number of rotatable bonds is 12. The Labute approximate surface area is 202 Å². The van der Waals surface area contributed by atoms with Crippen molar-refractivity contribution in [2.45, 2.75) is 33.4 Å². The second kappa shape index (κ2) is 11.3. The first kappa shape index (κ1) is 24.0. The molecule has 35 heavy (non-hydrogen) atoms. The van der Waals surface area contributed by atoms with Crippen LogP contribution in [-0.2, 0) is 13.2 Å². The summed E-state index contributed by atoms with van der Waals surface area (Å²) in [4.78, 5) is 25.0. The third kappa shape index (κ3) is 6.06. The largest absolute Gasteiger partial charge is 0.493 e. The van der Waals surface area contributed by atoms with Crippen LogP contribution in [0.2, 0.25) is 0 Å². The third-order valence-electron chi connectivity index (χ3n) is 5.61. The second-order valence-electron chi connectivity index (χ2n) is 7.93. The molecule has 9 heteroatoms. The molecule has 2 aromatic carbocycles. The van der Waals surface area contributed by atoms with Gasteiger partial charge in [-0.05, 0) is 44.2 Å². The fourth-order valence-electron chi connectivity index (χ4n) is 3.74. The standard InChI is InChI=1S/C26H28N4O5/c1-3-29(4-2)22-9-6-20(17-31)24(14-22)34-18-21-16-30(28-27-21)12-5-13-33-23-10-7-19-8-11-26(32)35-25(19)15-23/h6-11,14-17H,3-5,12-13,18H2,1-2H3. The number of hydrogen-bond acceptors (Lipinski definition) is 8. The molecule has 4 rings (SSSR count). The molecule has 9 nitrogen and oxygen atoms in total. The molecule has 0 unspecified atom stereocenters. The summed E-state index contributed by atoms with van der Waals surface area (Å²) in [6, 6.07) is 14.1. The lowest BCUT2D eigenvalue weighted by molar-refractivity contribution is 0.111. The smallest absolute Gasteiger partial charge is 0.336 e. The Morgan fingerprint density at radius 2 is 1.89 bits per heavy atom. The maximum atomic E-state index is 11.4. The minimum absolute atomic E-state index is 0.210. The second-order valence-corrected chi connectivity index (χ2v) is 7.93. The first-order valence-electron chi connectivity index (χ1n) is 11.6. The first-order chi connectivity index (χ1) is 17.1. The number of anilines is 1. The molecule has 0 aliphatic heterocycles. The highest BCUT2D eigenvalue weighted by Gasteiger charge is 2.10. The topological polar surface area (TPSA) is 99.7 Å². The number of nitrogens with zero attached hydrogens (tertiary/aromatic N) is 4. The van der Waals surface area contributed by atoms with E-state index in [1.165, 1.54) is 6.07 Å². The van der Waals surface area contributed by atoms with Gasteiger partial charge >= 0.3 is 5.63 Å². The van der Waals surface area contributed by atoms with Gasteiger partial charge in [-0.3, -0.25) is 9.48 Å². The molecule has 0 saturated carbocycles. The van der Waals surface area contributed by atoms with E-state index in [0.29, 0.717) is 47.9 Å². The number of carbonyl (C=O) groups is 1. The Morgan fingerprint density at radius 1 is 1.06 bits per heavy atom. The quantitative estimate of drug-likeness (QED) is 0.171. The lowest BCUT2D eigenvalue weighted by atomic mass is 10.2. The Bertz CT molecular complexity index is 1340. The number of hydrogen-bond donors (Lipinski definition) is 0. The number of carbonyl (C=O) groups excluding carboxylic acids is 1. The molecule has 0 radical (unpaired) electrons. The van der Waals surface area contributed by atoms with Crippen LogP contribution < -0.4 is 20.0 Å². The number of aryl methyl sites for hydroxylation is 1. The number of ether oxygens (including phenoxy) is 2. The summed E-state index contributed by atoms with van der Waals surface area (Å²) in [5.41, 5.74) is 2.28. The third-order valence-corrected chi connectivity index (χ3v) is 5.61. The van der Waals surface area contributed by atoms with Crippen molar-refractivity contribution in [1.82, 2.24) is 15.0 Å². The number of fused-ring (bicyclic) bond motifs is 1. The van der Waals surface area contributed by atoms with Crippen molar-refractivity contribution >= 4 is 22.9 Å². The van der Waals surface area contributed by atoms with Gasteiger partial charge in [-0.15, -0.1) is 5.10 Å². The Morgan fingerprint density at radius 3 is 2.69 bits per heavy atom. The van der Waals surface area contributed by atoms with E-state index in [9.17, 15) is 9.59 Å². The first-order valence-corrected chi connectivity index (χ1v) is 11.6. The zero-order chi connectivity index (χ0) is 24.6. The average molecular weight is 477 g/mol. The van der Waals surface area contributed by atoms with Gasteiger partial charge in [-0.2, -0.15) is 0 Å². The van der Waals surface area contributed by atoms with Crippen molar-refractivity contribution in [3.05, 3.63) is 76.4 Å². The highest BCUT2D eigenvalue weighted by atomic mass is 16.5. The predicted octanol–water partition coefficient (Wildman–Crippen LogP) is 4.09. The highest BCUT2D eigenvalue weighted by Crippen LogP contribution is 2.25. The Hall–Kier alpha value is -4.14. The van der Waals surface area contributed by atoms with Gasteiger partial charge in [0.25, 0.3) is 0 Å². The van der Waals surface area contributed by atoms with Gasteiger partial charge in [0.15, 0.2) is 6.29 Å². The van der Waals surface area contributed by atoms with Crippen LogP contribution in [0.3, 0.4) is 0 Å². The molecule has 2 aromatic heterocycles. The summed E-state index contributed by atoms with van der Waals surface area (Å²) in [7, 11) is 0. The van der Waals surface area contributed by atoms with Crippen LogP contribution in [0.25, 0.3) is 11.0 Å². The predicted molar refractivity (Wildman–Crippen MR) is 132 cm³/mol. The normalized spacial score (nSPS) is 10.9. The minimum atomic E-state index is -0.389. The van der Waals surface area contributed by atoms with Crippen molar-refractivity contribution in [2.24, 2.45) is 0 Å². The highest BCUT2D eigenvalue weighted by molar-refractivity contribution is 5.81. The van der Waals surface area contributed by atoms with Gasteiger partial charge in [0.05, 0.1) is 18.4 Å². The molecule has 182 valence electrons. The van der Waals surface area contributed by atoms with Crippen molar-refractivity contribution in [2.75, 3.05) is 24.6 Å². The molecule has 0 spiro atoms. The maximum absolute atomic E-state index is 11.4. The molecule has 4 aromatic rings. The van der Waals surface area contributed by atoms with E-state index in [4.69, 9.17) is 13.9 Å². The molecule has 0 fully saturated rings. The SMILES string of the molecule is CCN(CC)c1ccc(C=O)c(OCc2cn(CCCOc3ccc4ccc(=O)oc4c3)nn2)c1. The van der Waals surface area contributed by atoms with Gasteiger partial charge in [-0.1, -0.05) is 5.21 Å². The van der Waals surface area contributed by atoms with Crippen LogP contribution in [0.15, 0.2) is 63.9 Å². The summed E-state index contributed by atoms with van der Waals surface area (Å²) in [6.07, 6.45) is 3.32. The van der Waals surface area contributed by atoms with Gasteiger partial charge in [0.1, 0.15) is 29.4 Å². The fraction of sp³-hybridized carbons (Fsp3) is 0.308. The average Bonchev–Trinajstić information content (AvgIpc) is 3.33. The summed E-state index contributed by atoms with van der Waals surface area (Å²) >= 11 is 0. The summed E-state index contributed by atoms with van der Waals surface area (Å²) in [6.45, 7) is 7.20. The van der Waals surface area contributed by atoms with E-state index in [2.05, 4.69) is 29.1 Å². The van der Waals surface area contributed by atoms with E-state index < -0.39 is 0 Å². The van der Waals surface area contributed by atoms with Crippen LogP contribution in [0.5, 0.6) is 11.5 Å². The lowest BCUT2D eigenvalue weighted by Crippen LogP contribution is -2.21. The van der Waals surface area contributed by atoms with E-state index in [0.717, 1.165) is 30.4 Å². The lowest BCUT2D eigenvalue weighted by Gasteiger charge is -2.22. The van der Waals surface area contributed by atoms with E-state index in [1.807, 2.05) is 30.5 Å². The molecule has 0 saturated heterocycles. The van der Waals surface area contributed by atoms with Crippen molar-refractivity contribution in [3.8, 4) is 11.5 Å². The Kier molecular flexibility index (Phi) is 7.77. The fourth-order valence-corrected chi connectivity index (χ4v) is 3.74. The van der Waals surface area contributed by atoms with Crippen LogP contribution in [-0.4, -0.2) is 41.0 Å². The molecule has 0 bridgehead atoms. The zero-order valence-electron chi connectivity index (χ0n) is 19.8. The molecular weight excluding hydrogens is 448 g/mol. The number of aromatic nitrogens is 3. The van der Waals surface area contributed by atoms with E-state index in [-0.39, 0.29) is 12.2 Å². The van der Waals surface area contributed by atoms with Gasteiger partial charge in [0, 0.05) is 55.3 Å². The molecule has 0 atom stereocenters. The van der Waals surface area contributed by atoms with Gasteiger partial charge in [0.2, 0.25) is 0 Å². The van der Waals surface area contributed by atoms with E-state index in [1.54, 1.807) is 22.9 Å². The van der Waals surface area contributed by atoms with E-state index >= 15 is 0 Å². The number of aldehydes is 1. The van der Waals surface area contributed by atoms with Crippen LogP contribution >= 0.6 is 0 Å². The summed E-state index contributed by atoms with van der Waals surface area (Å²) < 4.78 is 18.6. The van der Waals surface area contributed by atoms with Crippen molar-refractivity contribution in [1.29, 1.82) is 0 Å². The number of benzene rings is 2. The maximum Gasteiger partial charge on any atom is 0.336 e. The van der Waals surface area contributed by atoms with Gasteiger partial charge in [-0.25, -0.2) is 4.79 Å². The summed E-state index contributed by atoms with van der Waals surface area (Å²) in [5.74, 6) is 1.16. The molecule has 0 aliphatic rings. The molecule has 0 N–H and O–H groups in total. The monoisotopic (exact) mass is 476 g/mol. The molecule has 2 heterocycles. The molecule has 0 amide bonds. The van der Waals surface area contributed by atoms with Crippen LogP contribution in [0, 0.1) is 0 Å². The Balaban J connectivity index is 1.29. The van der Waals surface area contributed by atoms with Crippen molar-refractivity contribution < 1.29 is 18.7 Å². The minimum Gasteiger partial charge on any atom is -0.493 e. The van der Waals surface area contributed by atoms with Crippen LogP contribution in [0.1, 0.15) is 36.3 Å². The van der Waals surface area contributed by atoms with Crippen LogP contribution in [0.4, 0.5) is 5.69 Å². The zero-order valence-corrected chi connectivity index (χ0v) is 19.8. The molecule has 0 aliphatic carbocycles. The van der Waals surface area contributed by atoms with Crippen molar-refractivity contribution in [3.63, 3.8) is 0 Å². The van der Waals surface area contributed by atoms with Gasteiger partial charge < -0.3 is 18.8 Å².